The maximum Gasteiger partial charge on any atom is 0.244 e. The van der Waals surface area contributed by atoms with Gasteiger partial charge in [0.05, 0.1) is 14.2 Å². The van der Waals surface area contributed by atoms with Crippen LogP contribution in [-0.4, -0.2) is 29.2 Å². The van der Waals surface area contributed by atoms with Crippen LogP contribution in [-0.2, 0) is 10.0 Å². The fourth-order valence-corrected chi connectivity index (χ4v) is 3.33. The molecular weight excluding hydrogens is 326 g/mol. The van der Waals surface area contributed by atoms with Gasteiger partial charge in [-0.15, -0.1) is 0 Å². The highest BCUT2D eigenvalue weighted by atomic mass is 32.2. The summed E-state index contributed by atoms with van der Waals surface area (Å²) in [5.74, 6) is 0.790. The van der Waals surface area contributed by atoms with Crippen molar-refractivity contribution < 1.29 is 17.9 Å². The Labute approximate surface area is 143 Å². The molecule has 0 fully saturated rings. The summed E-state index contributed by atoms with van der Waals surface area (Å²) in [7, 11) is -0.696. The standard InChI is InChI=1S/C18H21NO4S/c1-22-16-11-12-18(17(14-16)23-2)24(20,21)19-13-7-6-10-15-8-4-3-5-9-15/h3-6,8-12,14,19H,7,13H2,1-2H3/b10-6+. The molecule has 0 saturated carbocycles. The van der Waals surface area contributed by atoms with Crippen LogP contribution in [0.3, 0.4) is 0 Å². The molecule has 0 bridgehead atoms. The molecule has 0 aliphatic heterocycles. The summed E-state index contributed by atoms with van der Waals surface area (Å²) in [6.07, 6.45) is 4.48. The molecule has 0 heterocycles. The molecule has 128 valence electrons. The van der Waals surface area contributed by atoms with Gasteiger partial charge >= 0.3 is 0 Å². The number of hydrogen-bond donors (Lipinski definition) is 1. The smallest absolute Gasteiger partial charge is 0.244 e. The second-order valence-electron chi connectivity index (χ2n) is 5.02. The van der Waals surface area contributed by atoms with Crippen LogP contribution in [0.15, 0.2) is 59.5 Å². The number of rotatable bonds is 8. The van der Waals surface area contributed by atoms with Crippen LogP contribution < -0.4 is 14.2 Å². The molecule has 0 aromatic heterocycles. The minimum Gasteiger partial charge on any atom is -0.497 e. The molecule has 2 aromatic carbocycles. The lowest BCUT2D eigenvalue weighted by Crippen LogP contribution is -2.25. The average Bonchev–Trinajstić information content (AvgIpc) is 2.61. The van der Waals surface area contributed by atoms with Crippen LogP contribution in [0, 0.1) is 0 Å². The third-order valence-electron chi connectivity index (χ3n) is 3.37. The molecule has 2 aromatic rings. The van der Waals surface area contributed by atoms with E-state index in [9.17, 15) is 8.42 Å². The van der Waals surface area contributed by atoms with Crippen molar-refractivity contribution in [1.82, 2.24) is 4.72 Å². The molecule has 1 N–H and O–H groups in total. The summed E-state index contributed by atoms with van der Waals surface area (Å²) in [5, 5.41) is 0. The Balaban J connectivity index is 1.97. The molecule has 0 amide bonds. The summed E-state index contributed by atoms with van der Waals surface area (Å²) in [5.41, 5.74) is 1.08. The van der Waals surface area contributed by atoms with Gasteiger partial charge in [-0.05, 0) is 24.1 Å². The van der Waals surface area contributed by atoms with E-state index in [1.165, 1.54) is 20.3 Å². The third kappa shape index (κ3) is 4.84. The number of nitrogens with one attached hydrogen (secondary N) is 1. The molecule has 0 saturated heterocycles. The molecule has 0 unspecified atom stereocenters. The van der Waals surface area contributed by atoms with Gasteiger partial charge in [0.1, 0.15) is 16.4 Å². The van der Waals surface area contributed by atoms with E-state index in [1.807, 2.05) is 42.5 Å². The van der Waals surface area contributed by atoms with E-state index < -0.39 is 10.0 Å². The zero-order valence-electron chi connectivity index (χ0n) is 13.7. The quantitative estimate of drug-likeness (QED) is 0.745. The predicted molar refractivity (Wildman–Crippen MR) is 94.8 cm³/mol. The minimum absolute atomic E-state index is 0.0952. The first-order chi connectivity index (χ1) is 11.6. The van der Waals surface area contributed by atoms with Crippen LogP contribution in [0.4, 0.5) is 0 Å². The van der Waals surface area contributed by atoms with Crippen molar-refractivity contribution in [2.45, 2.75) is 11.3 Å². The lowest BCUT2D eigenvalue weighted by molar-refractivity contribution is 0.386. The van der Waals surface area contributed by atoms with Gasteiger partial charge in [-0.1, -0.05) is 42.5 Å². The lowest BCUT2D eigenvalue weighted by atomic mass is 10.2. The molecule has 24 heavy (non-hydrogen) atoms. The first-order valence-electron chi connectivity index (χ1n) is 7.50. The van der Waals surface area contributed by atoms with Crippen LogP contribution in [0.1, 0.15) is 12.0 Å². The summed E-state index contributed by atoms with van der Waals surface area (Å²) in [4.78, 5) is 0.0952. The van der Waals surface area contributed by atoms with E-state index in [0.717, 1.165) is 5.56 Å². The van der Waals surface area contributed by atoms with Gasteiger partial charge in [0.25, 0.3) is 0 Å². The Morgan fingerprint density at radius 2 is 1.79 bits per heavy atom. The lowest BCUT2D eigenvalue weighted by Gasteiger charge is -2.11. The SMILES string of the molecule is COc1ccc(S(=O)(=O)NCC/C=C/c2ccccc2)c(OC)c1. The van der Waals surface area contributed by atoms with Crippen molar-refractivity contribution in [3.8, 4) is 11.5 Å². The molecule has 2 rings (SSSR count). The second kappa shape index (κ2) is 8.52. The second-order valence-corrected chi connectivity index (χ2v) is 6.75. The topological polar surface area (TPSA) is 64.6 Å². The molecule has 0 atom stereocenters. The van der Waals surface area contributed by atoms with Crippen LogP contribution in [0.5, 0.6) is 11.5 Å². The van der Waals surface area contributed by atoms with E-state index in [-0.39, 0.29) is 10.6 Å². The van der Waals surface area contributed by atoms with E-state index >= 15 is 0 Å². The number of sulfonamides is 1. The van der Waals surface area contributed by atoms with Crippen molar-refractivity contribution >= 4 is 16.1 Å². The molecule has 5 nitrogen and oxygen atoms in total. The fraction of sp³-hybridized carbons (Fsp3) is 0.222. The van der Waals surface area contributed by atoms with Crippen LogP contribution in [0.2, 0.25) is 0 Å². The van der Waals surface area contributed by atoms with Crippen molar-refractivity contribution in [2.24, 2.45) is 0 Å². The minimum atomic E-state index is -3.64. The molecule has 0 aliphatic rings. The van der Waals surface area contributed by atoms with Gasteiger partial charge < -0.3 is 9.47 Å². The Hall–Kier alpha value is -2.31. The number of ether oxygens (including phenoxy) is 2. The first kappa shape index (κ1) is 18.0. The van der Waals surface area contributed by atoms with Gasteiger partial charge in [-0.2, -0.15) is 0 Å². The third-order valence-corrected chi connectivity index (χ3v) is 4.87. The highest BCUT2D eigenvalue weighted by Gasteiger charge is 2.19. The maximum atomic E-state index is 12.4. The largest absolute Gasteiger partial charge is 0.497 e. The van der Waals surface area contributed by atoms with Crippen molar-refractivity contribution in [3.05, 3.63) is 60.2 Å². The first-order valence-corrected chi connectivity index (χ1v) is 8.98. The van der Waals surface area contributed by atoms with Gasteiger partial charge in [-0.3, -0.25) is 0 Å². The van der Waals surface area contributed by atoms with E-state index in [2.05, 4.69) is 4.72 Å². The molecule has 6 heteroatoms. The molecule has 0 spiro atoms. The Morgan fingerprint density at radius 3 is 2.46 bits per heavy atom. The summed E-state index contributed by atoms with van der Waals surface area (Å²) in [6, 6.07) is 14.5. The Kier molecular flexibility index (Phi) is 6.40. The summed E-state index contributed by atoms with van der Waals surface area (Å²) < 4.78 is 37.6. The summed E-state index contributed by atoms with van der Waals surface area (Å²) in [6.45, 7) is 0.306. The Bertz CT molecular complexity index is 786. The normalized spacial score (nSPS) is 11.6. The van der Waals surface area contributed by atoms with Crippen LogP contribution >= 0.6 is 0 Å². The highest BCUT2D eigenvalue weighted by Crippen LogP contribution is 2.28. The zero-order chi connectivity index (χ0) is 17.4. The predicted octanol–water partition coefficient (Wildman–Crippen LogP) is 3.09. The van der Waals surface area contributed by atoms with Crippen molar-refractivity contribution in [2.75, 3.05) is 20.8 Å². The zero-order valence-corrected chi connectivity index (χ0v) is 14.5. The molecule has 0 aliphatic carbocycles. The van der Waals surface area contributed by atoms with Gasteiger partial charge in [0, 0.05) is 12.6 Å². The number of methoxy groups -OCH3 is 2. The number of benzene rings is 2. The van der Waals surface area contributed by atoms with Crippen LogP contribution in [0.25, 0.3) is 6.08 Å². The summed E-state index contributed by atoms with van der Waals surface area (Å²) >= 11 is 0. The van der Waals surface area contributed by atoms with Crippen molar-refractivity contribution in [3.63, 3.8) is 0 Å². The van der Waals surface area contributed by atoms with Gasteiger partial charge in [0.2, 0.25) is 10.0 Å². The van der Waals surface area contributed by atoms with Gasteiger partial charge in [-0.25, -0.2) is 13.1 Å². The number of hydrogen-bond acceptors (Lipinski definition) is 4. The average molecular weight is 347 g/mol. The van der Waals surface area contributed by atoms with Gasteiger partial charge in [0.15, 0.2) is 0 Å². The Morgan fingerprint density at radius 1 is 1.04 bits per heavy atom. The molecule has 0 radical (unpaired) electrons. The maximum absolute atomic E-state index is 12.4. The van der Waals surface area contributed by atoms with E-state index in [0.29, 0.717) is 18.7 Å². The highest BCUT2D eigenvalue weighted by molar-refractivity contribution is 7.89. The molecular formula is C18H21NO4S. The van der Waals surface area contributed by atoms with E-state index in [1.54, 1.807) is 12.1 Å². The monoisotopic (exact) mass is 347 g/mol. The van der Waals surface area contributed by atoms with Crippen molar-refractivity contribution in [1.29, 1.82) is 0 Å². The fourth-order valence-electron chi connectivity index (χ4n) is 2.13. The van der Waals surface area contributed by atoms with E-state index in [4.69, 9.17) is 9.47 Å².